The number of hydrogen-bond donors (Lipinski definition) is 2. The van der Waals surface area contributed by atoms with E-state index in [1.807, 2.05) is 30.3 Å². The SMILES string of the molecule is C[C@H](OC(=O)C(C)(C)c1ccccc1)C(=O)NC(=O)NC1CCCCC1. The summed E-state index contributed by atoms with van der Waals surface area (Å²) in [6, 6.07) is 8.80. The summed E-state index contributed by atoms with van der Waals surface area (Å²) in [5.41, 5.74) is -0.0900. The zero-order valence-electron chi connectivity index (χ0n) is 15.7. The zero-order valence-corrected chi connectivity index (χ0v) is 15.7. The molecule has 0 saturated heterocycles. The van der Waals surface area contributed by atoms with Crippen molar-refractivity contribution >= 4 is 17.9 Å². The van der Waals surface area contributed by atoms with Crippen LogP contribution >= 0.6 is 0 Å². The Morgan fingerprint density at radius 3 is 2.31 bits per heavy atom. The van der Waals surface area contributed by atoms with Gasteiger partial charge in [-0.25, -0.2) is 4.79 Å². The van der Waals surface area contributed by atoms with Crippen molar-refractivity contribution in [2.24, 2.45) is 0 Å². The second kappa shape index (κ2) is 8.83. The molecule has 1 aromatic rings. The van der Waals surface area contributed by atoms with Crippen LogP contribution in [-0.2, 0) is 19.7 Å². The number of carbonyl (C=O) groups excluding carboxylic acids is 3. The van der Waals surface area contributed by atoms with E-state index in [1.165, 1.54) is 13.3 Å². The molecular weight excluding hydrogens is 332 g/mol. The summed E-state index contributed by atoms with van der Waals surface area (Å²) in [5.74, 6) is -1.14. The molecule has 1 saturated carbocycles. The van der Waals surface area contributed by atoms with Gasteiger partial charge < -0.3 is 10.1 Å². The zero-order chi connectivity index (χ0) is 19.2. The quantitative estimate of drug-likeness (QED) is 0.791. The molecule has 1 aliphatic carbocycles. The summed E-state index contributed by atoms with van der Waals surface area (Å²) < 4.78 is 5.29. The third kappa shape index (κ3) is 5.31. The first kappa shape index (κ1) is 19.9. The van der Waals surface area contributed by atoms with E-state index >= 15 is 0 Å². The van der Waals surface area contributed by atoms with Crippen molar-refractivity contribution in [3.8, 4) is 0 Å². The number of hydrogen-bond acceptors (Lipinski definition) is 4. The summed E-state index contributed by atoms with van der Waals surface area (Å²) in [7, 11) is 0. The Morgan fingerprint density at radius 1 is 1.08 bits per heavy atom. The fourth-order valence-corrected chi connectivity index (χ4v) is 3.02. The maximum absolute atomic E-state index is 12.5. The van der Waals surface area contributed by atoms with E-state index in [4.69, 9.17) is 4.74 Å². The van der Waals surface area contributed by atoms with Crippen LogP contribution in [0.25, 0.3) is 0 Å². The summed E-state index contributed by atoms with van der Waals surface area (Å²) in [6.07, 6.45) is 4.16. The van der Waals surface area contributed by atoms with E-state index in [0.29, 0.717) is 0 Å². The smallest absolute Gasteiger partial charge is 0.321 e. The molecular formula is C20H28N2O4. The summed E-state index contributed by atoms with van der Waals surface area (Å²) in [5, 5.41) is 5.06. The number of esters is 1. The number of benzene rings is 1. The molecule has 0 aromatic heterocycles. The lowest BCUT2D eigenvalue weighted by atomic mass is 9.85. The molecule has 0 heterocycles. The summed E-state index contributed by atoms with van der Waals surface area (Å²) in [4.78, 5) is 36.6. The maximum atomic E-state index is 12.5. The number of nitrogens with one attached hydrogen (secondary N) is 2. The Balaban J connectivity index is 1.85. The van der Waals surface area contributed by atoms with Gasteiger partial charge in [-0.1, -0.05) is 49.6 Å². The molecule has 2 N–H and O–H groups in total. The van der Waals surface area contributed by atoms with Gasteiger partial charge in [-0.3, -0.25) is 14.9 Å². The van der Waals surface area contributed by atoms with E-state index in [9.17, 15) is 14.4 Å². The summed E-state index contributed by atoms with van der Waals surface area (Å²) >= 11 is 0. The third-order valence-electron chi connectivity index (χ3n) is 4.84. The van der Waals surface area contributed by atoms with Crippen LogP contribution in [0.3, 0.4) is 0 Å². The van der Waals surface area contributed by atoms with Gasteiger partial charge in [-0.15, -0.1) is 0 Å². The molecule has 1 aliphatic rings. The first-order valence-electron chi connectivity index (χ1n) is 9.18. The molecule has 1 atom stereocenters. The van der Waals surface area contributed by atoms with Gasteiger partial charge in [0.2, 0.25) is 0 Å². The number of ether oxygens (including phenoxy) is 1. The van der Waals surface area contributed by atoms with E-state index < -0.39 is 29.4 Å². The molecule has 0 spiro atoms. The Bertz CT molecular complexity index is 636. The Morgan fingerprint density at radius 2 is 1.69 bits per heavy atom. The molecule has 2 rings (SSSR count). The largest absolute Gasteiger partial charge is 0.452 e. The number of urea groups is 1. The minimum Gasteiger partial charge on any atom is -0.452 e. The van der Waals surface area contributed by atoms with Crippen molar-refractivity contribution < 1.29 is 19.1 Å². The van der Waals surface area contributed by atoms with Gasteiger partial charge in [0.1, 0.15) is 0 Å². The van der Waals surface area contributed by atoms with Crippen LogP contribution in [0.4, 0.5) is 4.79 Å². The Hall–Kier alpha value is -2.37. The second-order valence-electron chi connectivity index (χ2n) is 7.34. The van der Waals surface area contributed by atoms with Gasteiger partial charge >= 0.3 is 12.0 Å². The normalized spacial score (nSPS) is 16.4. The van der Waals surface area contributed by atoms with Crippen LogP contribution in [-0.4, -0.2) is 30.1 Å². The van der Waals surface area contributed by atoms with Crippen molar-refractivity contribution in [1.29, 1.82) is 0 Å². The lowest BCUT2D eigenvalue weighted by Crippen LogP contribution is -2.49. The molecule has 6 nitrogen and oxygen atoms in total. The van der Waals surface area contributed by atoms with Gasteiger partial charge in [-0.2, -0.15) is 0 Å². The maximum Gasteiger partial charge on any atom is 0.321 e. The first-order chi connectivity index (χ1) is 12.3. The molecule has 0 aliphatic heterocycles. The van der Waals surface area contributed by atoms with Crippen molar-refractivity contribution in [2.45, 2.75) is 70.4 Å². The predicted octanol–water partition coefficient (Wildman–Crippen LogP) is 3.05. The number of imide groups is 1. The Kier molecular flexibility index (Phi) is 6.77. The molecule has 0 radical (unpaired) electrons. The van der Waals surface area contributed by atoms with Crippen molar-refractivity contribution in [3.63, 3.8) is 0 Å². The molecule has 0 bridgehead atoms. The average Bonchev–Trinajstić information content (AvgIpc) is 2.63. The molecule has 3 amide bonds. The van der Waals surface area contributed by atoms with Gasteiger partial charge in [0.25, 0.3) is 5.91 Å². The highest BCUT2D eigenvalue weighted by Crippen LogP contribution is 2.25. The van der Waals surface area contributed by atoms with Crippen LogP contribution in [0.15, 0.2) is 30.3 Å². The van der Waals surface area contributed by atoms with Crippen LogP contribution in [0.5, 0.6) is 0 Å². The minimum atomic E-state index is -1.05. The fraction of sp³-hybridized carbons (Fsp3) is 0.550. The van der Waals surface area contributed by atoms with E-state index in [-0.39, 0.29) is 6.04 Å². The van der Waals surface area contributed by atoms with Gasteiger partial charge in [0.05, 0.1) is 5.41 Å². The molecule has 1 fully saturated rings. The van der Waals surface area contributed by atoms with Gasteiger partial charge in [0, 0.05) is 6.04 Å². The second-order valence-corrected chi connectivity index (χ2v) is 7.34. The monoisotopic (exact) mass is 360 g/mol. The van der Waals surface area contributed by atoms with Gasteiger partial charge in [-0.05, 0) is 39.2 Å². The molecule has 142 valence electrons. The van der Waals surface area contributed by atoms with E-state index in [1.54, 1.807) is 13.8 Å². The lowest BCUT2D eigenvalue weighted by molar-refractivity contribution is -0.159. The van der Waals surface area contributed by atoms with Crippen molar-refractivity contribution in [1.82, 2.24) is 10.6 Å². The number of carbonyl (C=O) groups is 3. The number of amides is 3. The fourth-order valence-electron chi connectivity index (χ4n) is 3.02. The van der Waals surface area contributed by atoms with Crippen LogP contribution in [0.2, 0.25) is 0 Å². The molecule has 26 heavy (non-hydrogen) atoms. The van der Waals surface area contributed by atoms with Crippen LogP contribution in [0, 0.1) is 0 Å². The third-order valence-corrected chi connectivity index (χ3v) is 4.84. The van der Waals surface area contributed by atoms with Crippen molar-refractivity contribution in [2.75, 3.05) is 0 Å². The topological polar surface area (TPSA) is 84.5 Å². The molecule has 0 unspecified atom stereocenters. The van der Waals surface area contributed by atoms with E-state index in [2.05, 4.69) is 10.6 Å². The van der Waals surface area contributed by atoms with Gasteiger partial charge in [0.15, 0.2) is 6.10 Å². The van der Waals surface area contributed by atoms with Crippen LogP contribution < -0.4 is 10.6 Å². The Labute approximate surface area is 154 Å². The minimum absolute atomic E-state index is 0.103. The van der Waals surface area contributed by atoms with Crippen molar-refractivity contribution in [3.05, 3.63) is 35.9 Å². The highest BCUT2D eigenvalue weighted by Gasteiger charge is 2.34. The highest BCUT2D eigenvalue weighted by molar-refractivity contribution is 5.97. The first-order valence-corrected chi connectivity index (χ1v) is 9.18. The standard InChI is InChI=1S/C20H28N2O4/c1-14(17(23)22-19(25)21-16-12-8-5-9-13-16)26-18(24)20(2,3)15-10-6-4-7-11-15/h4,6-7,10-11,14,16H,5,8-9,12-13H2,1-3H3,(H2,21,22,23,25)/t14-/m0/s1. The highest BCUT2D eigenvalue weighted by atomic mass is 16.5. The number of rotatable bonds is 5. The molecule has 1 aromatic carbocycles. The predicted molar refractivity (Wildman–Crippen MR) is 98.6 cm³/mol. The van der Waals surface area contributed by atoms with E-state index in [0.717, 1.165) is 31.2 Å². The molecule has 6 heteroatoms. The average molecular weight is 360 g/mol. The van der Waals surface area contributed by atoms with Crippen LogP contribution in [0.1, 0.15) is 58.4 Å². The lowest BCUT2D eigenvalue weighted by Gasteiger charge is -2.25. The summed E-state index contributed by atoms with van der Waals surface area (Å²) in [6.45, 7) is 4.94.